The summed E-state index contributed by atoms with van der Waals surface area (Å²) in [6, 6.07) is 15.0. The minimum Gasteiger partial charge on any atom is -0.497 e. The molecule has 0 radical (unpaired) electrons. The summed E-state index contributed by atoms with van der Waals surface area (Å²) in [5.74, 6) is 0.771. The Balaban J connectivity index is 1.87. The van der Waals surface area contributed by atoms with Crippen LogP contribution in [0.3, 0.4) is 0 Å². The fraction of sp³-hybridized carbons (Fsp3) is 0.188. The van der Waals surface area contributed by atoms with E-state index in [4.69, 9.17) is 10.5 Å². The topological polar surface area (TPSA) is 64.3 Å². The summed E-state index contributed by atoms with van der Waals surface area (Å²) in [6.07, 6.45) is 0.351. The molecule has 0 aliphatic heterocycles. The smallest absolute Gasteiger partial charge is 0.224 e. The van der Waals surface area contributed by atoms with Crippen LogP contribution in [0.25, 0.3) is 0 Å². The molecular formula is C16H18N2O2. The lowest BCUT2D eigenvalue weighted by Crippen LogP contribution is -2.24. The van der Waals surface area contributed by atoms with Crippen LogP contribution in [0.1, 0.15) is 11.1 Å². The first-order chi connectivity index (χ1) is 9.67. The van der Waals surface area contributed by atoms with Gasteiger partial charge in [-0.05, 0) is 35.4 Å². The summed E-state index contributed by atoms with van der Waals surface area (Å²) in [4.78, 5) is 11.9. The molecular weight excluding hydrogens is 252 g/mol. The van der Waals surface area contributed by atoms with Gasteiger partial charge in [0.15, 0.2) is 0 Å². The van der Waals surface area contributed by atoms with Gasteiger partial charge in [0.05, 0.1) is 13.5 Å². The predicted molar refractivity (Wildman–Crippen MR) is 79.4 cm³/mol. The van der Waals surface area contributed by atoms with Gasteiger partial charge in [0.1, 0.15) is 5.75 Å². The minimum atomic E-state index is -0.0161. The number of rotatable bonds is 5. The third-order valence-corrected chi connectivity index (χ3v) is 2.97. The molecule has 20 heavy (non-hydrogen) atoms. The number of amides is 1. The van der Waals surface area contributed by atoms with E-state index in [-0.39, 0.29) is 5.91 Å². The lowest BCUT2D eigenvalue weighted by Gasteiger charge is -2.07. The maximum absolute atomic E-state index is 11.9. The molecule has 0 bridgehead atoms. The third-order valence-electron chi connectivity index (χ3n) is 2.97. The highest BCUT2D eigenvalue weighted by Crippen LogP contribution is 2.12. The van der Waals surface area contributed by atoms with Gasteiger partial charge in [0.25, 0.3) is 0 Å². The predicted octanol–water partition coefficient (Wildman–Crippen LogP) is 2.14. The molecule has 0 aliphatic rings. The van der Waals surface area contributed by atoms with Crippen LogP contribution < -0.4 is 15.8 Å². The molecule has 0 aliphatic carbocycles. The Labute approximate surface area is 118 Å². The zero-order valence-corrected chi connectivity index (χ0v) is 11.4. The molecule has 4 nitrogen and oxygen atoms in total. The Bertz CT molecular complexity index is 579. The van der Waals surface area contributed by atoms with Crippen molar-refractivity contribution in [2.45, 2.75) is 13.0 Å². The molecule has 0 atom stereocenters. The number of carbonyl (C=O) groups is 1. The van der Waals surface area contributed by atoms with Gasteiger partial charge in [-0.1, -0.05) is 24.3 Å². The van der Waals surface area contributed by atoms with Gasteiger partial charge >= 0.3 is 0 Å². The van der Waals surface area contributed by atoms with Crippen molar-refractivity contribution in [3.63, 3.8) is 0 Å². The number of benzene rings is 2. The monoisotopic (exact) mass is 270 g/mol. The third kappa shape index (κ3) is 4.02. The number of hydrogen-bond acceptors (Lipinski definition) is 3. The molecule has 1 amide bonds. The Hall–Kier alpha value is -2.49. The number of ether oxygens (including phenoxy) is 1. The lowest BCUT2D eigenvalue weighted by atomic mass is 10.1. The molecule has 0 spiro atoms. The minimum absolute atomic E-state index is 0.0161. The van der Waals surface area contributed by atoms with Crippen molar-refractivity contribution in [3.8, 4) is 5.75 Å². The van der Waals surface area contributed by atoms with E-state index in [0.29, 0.717) is 18.7 Å². The lowest BCUT2D eigenvalue weighted by molar-refractivity contribution is -0.120. The first-order valence-electron chi connectivity index (χ1n) is 6.41. The maximum atomic E-state index is 11.9. The summed E-state index contributed by atoms with van der Waals surface area (Å²) in [7, 11) is 1.62. The maximum Gasteiger partial charge on any atom is 0.224 e. The Kier molecular flexibility index (Phi) is 4.60. The molecule has 4 heteroatoms. The van der Waals surface area contributed by atoms with E-state index in [0.717, 1.165) is 16.9 Å². The molecule has 104 valence electrons. The molecule has 0 unspecified atom stereocenters. The van der Waals surface area contributed by atoms with Crippen molar-refractivity contribution in [2.75, 3.05) is 12.8 Å². The van der Waals surface area contributed by atoms with Gasteiger partial charge in [0.2, 0.25) is 5.91 Å². The van der Waals surface area contributed by atoms with Gasteiger partial charge in [-0.15, -0.1) is 0 Å². The van der Waals surface area contributed by atoms with Crippen LogP contribution in [0.4, 0.5) is 5.69 Å². The molecule has 2 aromatic rings. The van der Waals surface area contributed by atoms with Crippen LogP contribution in [0.2, 0.25) is 0 Å². The quantitative estimate of drug-likeness (QED) is 0.818. The van der Waals surface area contributed by atoms with Crippen molar-refractivity contribution in [1.82, 2.24) is 5.32 Å². The van der Waals surface area contributed by atoms with E-state index < -0.39 is 0 Å². The second-order valence-electron chi connectivity index (χ2n) is 4.55. The second kappa shape index (κ2) is 6.61. The highest BCUT2D eigenvalue weighted by molar-refractivity contribution is 5.78. The number of carbonyl (C=O) groups excluding carboxylic acids is 1. The first-order valence-corrected chi connectivity index (χ1v) is 6.41. The van der Waals surface area contributed by atoms with Gasteiger partial charge < -0.3 is 15.8 Å². The fourth-order valence-corrected chi connectivity index (χ4v) is 1.87. The number of nitrogens with one attached hydrogen (secondary N) is 1. The largest absolute Gasteiger partial charge is 0.497 e. The van der Waals surface area contributed by atoms with Crippen LogP contribution in [-0.4, -0.2) is 13.0 Å². The Morgan fingerprint density at radius 2 is 1.90 bits per heavy atom. The number of anilines is 1. The number of nitrogen functional groups attached to an aromatic ring is 1. The van der Waals surface area contributed by atoms with Crippen LogP contribution in [0.5, 0.6) is 5.75 Å². The van der Waals surface area contributed by atoms with Gasteiger partial charge in [-0.2, -0.15) is 0 Å². The summed E-state index contributed by atoms with van der Waals surface area (Å²) < 4.78 is 5.14. The highest BCUT2D eigenvalue weighted by atomic mass is 16.5. The molecule has 3 N–H and O–H groups in total. The average molecular weight is 270 g/mol. The molecule has 2 rings (SSSR count). The van der Waals surface area contributed by atoms with Crippen LogP contribution in [-0.2, 0) is 17.8 Å². The average Bonchev–Trinajstić information content (AvgIpc) is 2.48. The molecule has 0 aromatic heterocycles. The van der Waals surface area contributed by atoms with E-state index in [9.17, 15) is 4.79 Å². The van der Waals surface area contributed by atoms with E-state index >= 15 is 0 Å². The molecule has 0 saturated heterocycles. The van der Waals surface area contributed by atoms with Crippen molar-refractivity contribution < 1.29 is 9.53 Å². The van der Waals surface area contributed by atoms with Crippen LogP contribution in [0, 0.1) is 0 Å². The first kappa shape index (κ1) is 13.9. The Morgan fingerprint density at radius 1 is 1.15 bits per heavy atom. The number of hydrogen-bond donors (Lipinski definition) is 2. The van der Waals surface area contributed by atoms with E-state index in [1.807, 2.05) is 36.4 Å². The van der Waals surface area contributed by atoms with Crippen molar-refractivity contribution in [3.05, 3.63) is 59.7 Å². The van der Waals surface area contributed by atoms with E-state index in [1.54, 1.807) is 19.2 Å². The second-order valence-corrected chi connectivity index (χ2v) is 4.55. The van der Waals surface area contributed by atoms with E-state index in [1.165, 1.54) is 0 Å². The molecule has 0 saturated carbocycles. The van der Waals surface area contributed by atoms with Crippen LogP contribution >= 0.6 is 0 Å². The SMILES string of the molecule is COc1cccc(CNC(=O)Cc2ccc(N)cc2)c1. The van der Waals surface area contributed by atoms with Gasteiger partial charge in [-0.3, -0.25) is 4.79 Å². The highest BCUT2D eigenvalue weighted by Gasteiger charge is 2.03. The number of methoxy groups -OCH3 is 1. The van der Waals surface area contributed by atoms with Crippen molar-refractivity contribution >= 4 is 11.6 Å². The van der Waals surface area contributed by atoms with Gasteiger partial charge in [-0.25, -0.2) is 0 Å². The zero-order chi connectivity index (χ0) is 14.4. The summed E-state index contributed by atoms with van der Waals surface area (Å²) in [5, 5.41) is 2.89. The normalized spacial score (nSPS) is 10.1. The summed E-state index contributed by atoms with van der Waals surface area (Å²) >= 11 is 0. The van der Waals surface area contributed by atoms with Crippen LogP contribution in [0.15, 0.2) is 48.5 Å². The van der Waals surface area contributed by atoms with Crippen molar-refractivity contribution in [2.24, 2.45) is 0 Å². The molecule has 0 heterocycles. The summed E-state index contributed by atoms with van der Waals surface area (Å²) in [5.41, 5.74) is 8.26. The molecule has 2 aromatic carbocycles. The molecule has 0 fully saturated rings. The summed E-state index contributed by atoms with van der Waals surface area (Å²) in [6.45, 7) is 0.491. The number of nitrogens with two attached hydrogens (primary N) is 1. The van der Waals surface area contributed by atoms with Crippen molar-refractivity contribution in [1.29, 1.82) is 0 Å². The zero-order valence-electron chi connectivity index (χ0n) is 11.4. The Morgan fingerprint density at radius 3 is 2.60 bits per heavy atom. The van der Waals surface area contributed by atoms with E-state index in [2.05, 4.69) is 5.32 Å². The van der Waals surface area contributed by atoms with Gasteiger partial charge in [0, 0.05) is 12.2 Å². The standard InChI is InChI=1S/C16H18N2O2/c1-20-15-4-2-3-13(9-15)11-18-16(19)10-12-5-7-14(17)8-6-12/h2-9H,10-11,17H2,1H3,(H,18,19). The fourth-order valence-electron chi connectivity index (χ4n) is 1.87.